The summed E-state index contributed by atoms with van der Waals surface area (Å²) in [5.74, 6) is -0.196. The smallest absolute Gasteiger partial charge is 0.340 e. The number of benzene rings is 1. The van der Waals surface area contributed by atoms with E-state index in [-0.39, 0.29) is 12.1 Å². The number of aromatic amines is 1. The number of fused-ring (bicyclic) bond motifs is 1. The van der Waals surface area contributed by atoms with Crippen LogP contribution in [0.15, 0.2) is 30.5 Å². The van der Waals surface area contributed by atoms with Crippen molar-refractivity contribution in [3.63, 3.8) is 0 Å². The van der Waals surface area contributed by atoms with Crippen LogP contribution in [-0.4, -0.2) is 41.6 Å². The molecule has 4 heteroatoms. The number of H-pyrrole nitrogens is 1. The zero-order valence-electron chi connectivity index (χ0n) is 15.5. The minimum atomic E-state index is -0.196. The first-order valence-electron chi connectivity index (χ1n) is 9.68. The van der Waals surface area contributed by atoms with Crippen molar-refractivity contribution in [1.29, 1.82) is 0 Å². The van der Waals surface area contributed by atoms with E-state index < -0.39 is 0 Å². The van der Waals surface area contributed by atoms with E-state index in [0.29, 0.717) is 11.6 Å². The Kier molecular flexibility index (Phi) is 6.14. The van der Waals surface area contributed by atoms with Crippen LogP contribution in [0.3, 0.4) is 0 Å². The molecule has 0 radical (unpaired) electrons. The number of ether oxygens (including phenoxy) is 1. The van der Waals surface area contributed by atoms with Gasteiger partial charge in [0, 0.05) is 23.1 Å². The second-order valence-electron chi connectivity index (χ2n) is 7.23. The highest BCUT2D eigenvalue weighted by Crippen LogP contribution is 2.26. The van der Waals surface area contributed by atoms with Gasteiger partial charge in [-0.15, -0.1) is 0 Å². The van der Waals surface area contributed by atoms with Crippen molar-refractivity contribution in [3.05, 3.63) is 36.0 Å². The first-order chi connectivity index (χ1) is 12.2. The number of hydrogen-bond donors (Lipinski definition) is 1. The van der Waals surface area contributed by atoms with E-state index in [4.69, 9.17) is 4.74 Å². The summed E-state index contributed by atoms with van der Waals surface area (Å²) in [6, 6.07) is 8.24. The number of para-hydroxylation sites is 1. The van der Waals surface area contributed by atoms with Crippen molar-refractivity contribution in [2.45, 2.75) is 64.0 Å². The zero-order valence-corrected chi connectivity index (χ0v) is 15.5. The second-order valence-corrected chi connectivity index (χ2v) is 7.23. The molecule has 1 N–H and O–H groups in total. The Morgan fingerprint density at radius 1 is 1.32 bits per heavy atom. The Bertz CT molecular complexity index is 694. The third-order valence-corrected chi connectivity index (χ3v) is 5.42. The van der Waals surface area contributed by atoms with Gasteiger partial charge in [-0.05, 0) is 45.3 Å². The van der Waals surface area contributed by atoms with Crippen LogP contribution in [0.2, 0.25) is 0 Å². The summed E-state index contributed by atoms with van der Waals surface area (Å²) in [5, 5.41) is 0.941. The van der Waals surface area contributed by atoms with E-state index in [2.05, 4.69) is 23.9 Å². The van der Waals surface area contributed by atoms with E-state index in [9.17, 15) is 4.79 Å². The van der Waals surface area contributed by atoms with Crippen LogP contribution in [0.4, 0.5) is 0 Å². The number of esters is 1. The highest BCUT2D eigenvalue weighted by atomic mass is 16.5. The lowest BCUT2D eigenvalue weighted by atomic mass is 9.94. The number of carbonyl (C=O) groups excluding carboxylic acids is 1. The standard InChI is InChI=1S/C21H30N2O2/c1-3-4-5-13-20(19-12-8-9-14-23(19)2)25-21(24)17-15-22-18-11-7-6-10-16(17)18/h6-7,10-11,15,19-20,22H,3-5,8-9,12-14H2,1-2H3. The maximum Gasteiger partial charge on any atom is 0.340 e. The van der Waals surface area contributed by atoms with Crippen molar-refractivity contribution in [1.82, 2.24) is 9.88 Å². The van der Waals surface area contributed by atoms with E-state index >= 15 is 0 Å². The molecule has 1 aromatic carbocycles. The van der Waals surface area contributed by atoms with Crippen LogP contribution in [0.1, 0.15) is 62.2 Å². The highest BCUT2D eigenvalue weighted by Gasteiger charge is 2.31. The molecule has 1 fully saturated rings. The lowest BCUT2D eigenvalue weighted by molar-refractivity contribution is -0.00943. The maximum atomic E-state index is 12.9. The first kappa shape index (κ1) is 18.0. The number of carbonyl (C=O) groups is 1. The van der Waals surface area contributed by atoms with Crippen molar-refractivity contribution in [3.8, 4) is 0 Å². The molecule has 25 heavy (non-hydrogen) atoms. The fourth-order valence-corrected chi connectivity index (χ4v) is 3.94. The van der Waals surface area contributed by atoms with Crippen molar-refractivity contribution < 1.29 is 9.53 Å². The Morgan fingerprint density at radius 3 is 2.96 bits per heavy atom. The fourth-order valence-electron chi connectivity index (χ4n) is 3.94. The van der Waals surface area contributed by atoms with Gasteiger partial charge in [-0.3, -0.25) is 4.90 Å². The summed E-state index contributed by atoms with van der Waals surface area (Å²) in [4.78, 5) is 18.4. The van der Waals surface area contributed by atoms with Gasteiger partial charge in [-0.2, -0.15) is 0 Å². The van der Waals surface area contributed by atoms with Crippen LogP contribution >= 0.6 is 0 Å². The Hall–Kier alpha value is -1.81. The molecule has 1 aliphatic rings. The van der Waals surface area contributed by atoms with Crippen molar-refractivity contribution >= 4 is 16.9 Å². The zero-order chi connectivity index (χ0) is 17.6. The lowest BCUT2D eigenvalue weighted by Gasteiger charge is -2.37. The van der Waals surface area contributed by atoms with E-state index in [1.165, 1.54) is 25.7 Å². The number of nitrogens with one attached hydrogen (secondary N) is 1. The summed E-state index contributed by atoms with van der Waals surface area (Å²) in [6.07, 6.45) is 9.80. The van der Waals surface area contributed by atoms with Gasteiger partial charge < -0.3 is 9.72 Å². The molecule has 0 aliphatic carbocycles. The van der Waals surface area contributed by atoms with Gasteiger partial charge in [0.15, 0.2) is 0 Å². The number of hydrogen-bond acceptors (Lipinski definition) is 3. The molecule has 0 amide bonds. The summed E-state index contributed by atoms with van der Waals surface area (Å²) in [6.45, 7) is 3.30. The van der Waals surface area contributed by atoms with Crippen LogP contribution in [0.5, 0.6) is 0 Å². The number of nitrogens with zero attached hydrogens (tertiary/aromatic N) is 1. The van der Waals surface area contributed by atoms with Crippen LogP contribution < -0.4 is 0 Å². The van der Waals surface area contributed by atoms with Crippen LogP contribution in [-0.2, 0) is 4.74 Å². The normalized spacial score (nSPS) is 19.8. The summed E-state index contributed by atoms with van der Waals surface area (Å²) < 4.78 is 6.06. The van der Waals surface area contributed by atoms with Gasteiger partial charge in [-0.25, -0.2) is 4.79 Å². The molecule has 4 nitrogen and oxygen atoms in total. The van der Waals surface area contributed by atoms with Crippen LogP contribution in [0.25, 0.3) is 10.9 Å². The number of aromatic nitrogens is 1. The van der Waals surface area contributed by atoms with E-state index in [1.54, 1.807) is 6.20 Å². The summed E-state index contributed by atoms with van der Waals surface area (Å²) in [5.41, 5.74) is 1.63. The monoisotopic (exact) mass is 342 g/mol. The predicted octanol–water partition coefficient (Wildman–Crippen LogP) is 4.76. The lowest BCUT2D eigenvalue weighted by Crippen LogP contribution is -2.46. The molecule has 2 aromatic rings. The largest absolute Gasteiger partial charge is 0.457 e. The second kappa shape index (κ2) is 8.52. The third-order valence-electron chi connectivity index (χ3n) is 5.42. The molecule has 0 bridgehead atoms. The molecule has 0 saturated carbocycles. The average Bonchev–Trinajstić information content (AvgIpc) is 3.06. The molecule has 1 saturated heterocycles. The van der Waals surface area contributed by atoms with Gasteiger partial charge in [-0.1, -0.05) is 44.4 Å². The van der Waals surface area contributed by atoms with Gasteiger partial charge in [0.1, 0.15) is 6.10 Å². The highest BCUT2D eigenvalue weighted by molar-refractivity contribution is 6.04. The van der Waals surface area contributed by atoms with Crippen LogP contribution in [0, 0.1) is 0 Å². The number of likely N-dealkylation sites (tertiary alicyclic amines) is 1. The minimum Gasteiger partial charge on any atom is -0.457 e. The Balaban J connectivity index is 1.75. The van der Waals surface area contributed by atoms with Gasteiger partial charge >= 0.3 is 5.97 Å². The fraction of sp³-hybridized carbons (Fsp3) is 0.571. The SMILES string of the molecule is CCCCCC(OC(=O)c1c[nH]c2ccccc12)C1CCCCN1C. The minimum absolute atomic E-state index is 0.0157. The quantitative estimate of drug-likeness (QED) is 0.583. The number of unbranched alkanes of at least 4 members (excludes halogenated alkanes) is 2. The molecule has 2 atom stereocenters. The Morgan fingerprint density at radius 2 is 2.16 bits per heavy atom. The molecule has 2 heterocycles. The predicted molar refractivity (Wildman–Crippen MR) is 102 cm³/mol. The molecule has 136 valence electrons. The van der Waals surface area contributed by atoms with E-state index in [0.717, 1.165) is 36.7 Å². The molecule has 1 aromatic heterocycles. The van der Waals surface area contributed by atoms with Gasteiger partial charge in [0.25, 0.3) is 0 Å². The molecular weight excluding hydrogens is 312 g/mol. The Labute approximate surface area is 150 Å². The third kappa shape index (κ3) is 4.24. The average molecular weight is 342 g/mol. The maximum absolute atomic E-state index is 12.9. The topological polar surface area (TPSA) is 45.3 Å². The number of piperidine rings is 1. The van der Waals surface area contributed by atoms with Gasteiger partial charge in [0.2, 0.25) is 0 Å². The molecule has 3 rings (SSSR count). The van der Waals surface area contributed by atoms with Crippen molar-refractivity contribution in [2.24, 2.45) is 0 Å². The molecular formula is C21H30N2O2. The first-order valence-corrected chi connectivity index (χ1v) is 9.68. The molecule has 2 unspecified atom stereocenters. The van der Waals surface area contributed by atoms with E-state index in [1.807, 2.05) is 24.3 Å². The number of rotatable bonds is 7. The van der Waals surface area contributed by atoms with Gasteiger partial charge in [0.05, 0.1) is 5.56 Å². The summed E-state index contributed by atoms with van der Waals surface area (Å²) >= 11 is 0. The molecule has 1 aliphatic heterocycles. The molecule has 0 spiro atoms. The van der Waals surface area contributed by atoms with Crippen molar-refractivity contribution in [2.75, 3.05) is 13.6 Å². The summed E-state index contributed by atoms with van der Waals surface area (Å²) in [7, 11) is 2.16. The number of likely N-dealkylation sites (N-methyl/N-ethyl adjacent to an activating group) is 1.